The van der Waals surface area contributed by atoms with Crippen LogP contribution in [0.4, 0.5) is 4.39 Å². The normalized spacial score (nSPS) is 22.3. The van der Waals surface area contributed by atoms with Crippen LogP contribution in [0.15, 0.2) is 61.2 Å². The zero-order valence-corrected chi connectivity index (χ0v) is 20.1. The van der Waals surface area contributed by atoms with Gasteiger partial charge in [0.1, 0.15) is 11.6 Å². The first-order valence-electron chi connectivity index (χ1n) is 12.2. The number of aryl methyl sites for hydroxylation is 1. The monoisotopic (exact) mass is 489 g/mol. The number of imidazole rings is 1. The first kappa shape index (κ1) is 23.8. The number of aromatic nitrogens is 3. The summed E-state index contributed by atoms with van der Waals surface area (Å²) < 4.78 is 16.2. The van der Waals surface area contributed by atoms with E-state index in [9.17, 15) is 18.8 Å². The lowest BCUT2D eigenvalue weighted by atomic mass is 9.75. The molecular weight excluding hydrogens is 461 g/mol. The number of rotatable bonds is 6. The Morgan fingerprint density at radius 2 is 2.03 bits per heavy atom. The number of pyridine rings is 1. The van der Waals surface area contributed by atoms with Gasteiger partial charge in [0.2, 0.25) is 17.7 Å². The number of halogens is 1. The van der Waals surface area contributed by atoms with E-state index in [1.54, 1.807) is 41.7 Å². The van der Waals surface area contributed by atoms with Crippen molar-refractivity contribution in [3.63, 3.8) is 0 Å². The van der Waals surface area contributed by atoms with E-state index in [2.05, 4.69) is 9.97 Å². The van der Waals surface area contributed by atoms with Crippen molar-refractivity contribution in [1.29, 1.82) is 0 Å². The van der Waals surface area contributed by atoms with E-state index >= 15 is 0 Å². The lowest BCUT2D eigenvalue weighted by Crippen LogP contribution is -2.46. The molecule has 0 radical (unpaired) electrons. The minimum Gasteiger partial charge on any atom is -0.336 e. The molecule has 2 saturated heterocycles. The summed E-state index contributed by atoms with van der Waals surface area (Å²) >= 11 is 0. The average molecular weight is 490 g/mol. The Hall–Kier alpha value is -3.88. The molecule has 186 valence electrons. The van der Waals surface area contributed by atoms with Crippen molar-refractivity contribution in [2.24, 2.45) is 7.05 Å². The van der Waals surface area contributed by atoms with E-state index in [1.165, 1.54) is 23.1 Å². The third-order valence-electron chi connectivity index (χ3n) is 7.28. The molecule has 0 spiro atoms. The first-order chi connectivity index (χ1) is 17.4. The summed E-state index contributed by atoms with van der Waals surface area (Å²) in [7, 11) is 1.89. The number of carbonyl (C=O) groups is 3. The van der Waals surface area contributed by atoms with Crippen molar-refractivity contribution in [2.75, 3.05) is 6.54 Å². The summed E-state index contributed by atoms with van der Waals surface area (Å²) in [5.74, 6) is -0.846. The Bertz CT molecular complexity index is 1290. The second-order valence-electron chi connectivity index (χ2n) is 9.59. The maximum Gasteiger partial charge on any atom is 0.241 e. The third-order valence-corrected chi connectivity index (χ3v) is 7.28. The molecule has 0 aliphatic carbocycles. The molecule has 0 N–H and O–H groups in total. The molecular formula is C27H28FN5O3. The maximum absolute atomic E-state index is 14.3. The van der Waals surface area contributed by atoms with Crippen LogP contribution >= 0.6 is 0 Å². The fraction of sp³-hybridized carbons (Fsp3) is 0.370. The van der Waals surface area contributed by atoms with Crippen LogP contribution in [-0.4, -0.2) is 48.6 Å². The number of amides is 3. The van der Waals surface area contributed by atoms with Crippen molar-refractivity contribution in [1.82, 2.24) is 24.3 Å². The summed E-state index contributed by atoms with van der Waals surface area (Å²) in [6, 6.07) is 8.99. The van der Waals surface area contributed by atoms with Crippen LogP contribution < -0.4 is 0 Å². The lowest BCUT2D eigenvalue weighted by Gasteiger charge is -2.37. The van der Waals surface area contributed by atoms with Gasteiger partial charge < -0.3 is 9.47 Å². The van der Waals surface area contributed by atoms with Gasteiger partial charge >= 0.3 is 0 Å². The highest BCUT2D eigenvalue weighted by molar-refractivity contribution is 6.10. The molecule has 5 rings (SSSR count). The van der Waals surface area contributed by atoms with Crippen LogP contribution in [0.25, 0.3) is 0 Å². The number of hydrogen-bond acceptors (Lipinski definition) is 5. The SMILES string of the molecule is Cn1ccnc1[C@@H]1CCCCN1C(=O)C[C@]1(c2cccc(F)c2)CC(=O)N(Cc2cccnc2)C1=O. The van der Waals surface area contributed by atoms with Crippen LogP contribution in [0, 0.1) is 5.82 Å². The molecule has 3 amide bonds. The van der Waals surface area contributed by atoms with Crippen molar-refractivity contribution in [3.05, 3.63) is 84.0 Å². The fourth-order valence-electron chi connectivity index (χ4n) is 5.44. The van der Waals surface area contributed by atoms with E-state index in [-0.39, 0.29) is 37.2 Å². The molecule has 2 atom stereocenters. The quantitative estimate of drug-likeness (QED) is 0.496. The molecule has 36 heavy (non-hydrogen) atoms. The van der Waals surface area contributed by atoms with Gasteiger partial charge in [0.25, 0.3) is 0 Å². The summed E-state index contributed by atoms with van der Waals surface area (Å²) in [5.41, 5.74) is -0.429. The van der Waals surface area contributed by atoms with Crippen molar-refractivity contribution in [3.8, 4) is 0 Å². The Balaban J connectivity index is 1.49. The largest absolute Gasteiger partial charge is 0.336 e. The van der Waals surface area contributed by atoms with Crippen LogP contribution in [0.3, 0.4) is 0 Å². The second-order valence-corrected chi connectivity index (χ2v) is 9.59. The number of nitrogens with zero attached hydrogens (tertiary/aromatic N) is 5. The molecule has 2 aliphatic heterocycles. The smallest absolute Gasteiger partial charge is 0.241 e. The second kappa shape index (κ2) is 9.64. The molecule has 1 aromatic carbocycles. The Morgan fingerprint density at radius 3 is 2.75 bits per heavy atom. The van der Waals surface area contributed by atoms with Gasteiger partial charge in [-0.15, -0.1) is 0 Å². The molecule has 2 aliphatic rings. The topological polar surface area (TPSA) is 88.4 Å². The molecule has 0 unspecified atom stereocenters. The van der Waals surface area contributed by atoms with E-state index < -0.39 is 17.1 Å². The number of piperidine rings is 1. The predicted octanol–water partition coefficient (Wildman–Crippen LogP) is 3.30. The first-order valence-corrected chi connectivity index (χ1v) is 12.2. The Kier molecular flexibility index (Phi) is 6.38. The zero-order chi connectivity index (χ0) is 25.3. The van der Waals surface area contributed by atoms with Crippen molar-refractivity contribution >= 4 is 17.7 Å². The third kappa shape index (κ3) is 4.29. The minimum absolute atomic E-state index is 0.0520. The highest BCUT2D eigenvalue weighted by Crippen LogP contribution is 2.42. The molecule has 4 heterocycles. The molecule has 8 nitrogen and oxygen atoms in total. The van der Waals surface area contributed by atoms with Gasteiger partial charge in [-0.05, 0) is 48.6 Å². The lowest BCUT2D eigenvalue weighted by molar-refractivity contribution is -0.144. The van der Waals surface area contributed by atoms with Crippen molar-refractivity contribution in [2.45, 2.75) is 50.1 Å². The minimum atomic E-state index is -1.47. The average Bonchev–Trinajstić information content (AvgIpc) is 3.41. The summed E-state index contributed by atoms with van der Waals surface area (Å²) in [6.45, 7) is 0.591. The summed E-state index contributed by atoms with van der Waals surface area (Å²) in [6.07, 6.45) is 8.93. The number of carbonyl (C=O) groups excluding carboxylic acids is 3. The molecule has 0 saturated carbocycles. The molecule has 2 fully saturated rings. The predicted molar refractivity (Wildman–Crippen MR) is 129 cm³/mol. The van der Waals surface area contributed by atoms with Gasteiger partial charge in [0.05, 0.1) is 18.0 Å². The van der Waals surface area contributed by atoms with Crippen LogP contribution in [0.5, 0.6) is 0 Å². The fourth-order valence-corrected chi connectivity index (χ4v) is 5.44. The Morgan fingerprint density at radius 1 is 1.17 bits per heavy atom. The van der Waals surface area contributed by atoms with Crippen LogP contribution in [-0.2, 0) is 33.4 Å². The highest BCUT2D eigenvalue weighted by Gasteiger charge is 2.54. The van der Waals surface area contributed by atoms with E-state index in [0.29, 0.717) is 17.7 Å². The standard InChI is InChI=1S/C27H28FN5O3/c1-31-13-11-30-25(31)22-9-2-3-12-32(22)23(34)15-27(20-7-4-8-21(28)14-20)16-24(35)33(26(27)36)18-19-6-5-10-29-17-19/h4-8,10-11,13-14,17,22H,2-3,9,12,15-16,18H2,1H3/t22-,27+/m0/s1. The van der Waals surface area contributed by atoms with Gasteiger partial charge in [0.15, 0.2) is 0 Å². The number of hydrogen-bond donors (Lipinski definition) is 0. The van der Waals surface area contributed by atoms with Crippen molar-refractivity contribution < 1.29 is 18.8 Å². The number of benzene rings is 1. The maximum atomic E-state index is 14.3. The molecule has 0 bridgehead atoms. The van der Waals surface area contributed by atoms with Gasteiger partial charge in [0, 0.05) is 51.2 Å². The summed E-state index contributed by atoms with van der Waals surface area (Å²) in [4.78, 5) is 52.4. The van der Waals surface area contributed by atoms with Crippen LogP contribution in [0.2, 0.25) is 0 Å². The van der Waals surface area contributed by atoms with Gasteiger partial charge in [-0.3, -0.25) is 24.3 Å². The van der Waals surface area contributed by atoms with E-state index in [4.69, 9.17) is 0 Å². The van der Waals surface area contributed by atoms with Gasteiger partial charge in [-0.1, -0.05) is 18.2 Å². The van der Waals surface area contributed by atoms with Gasteiger partial charge in [-0.2, -0.15) is 0 Å². The molecule has 2 aromatic heterocycles. The molecule has 3 aromatic rings. The zero-order valence-electron chi connectivity index (χ0n) is 20.1. The Labute approximate surface area is 208 Å². The van der Waals surface area contributed by atoms with E-state index in [1.807, 2.05) is 17.8 Å². The molecule has 9 heteroatoms. The van der Waals surface area contributed by atoms with Crippen LogP contribution in [0.1, 0.15) is 55.1 Å². The van der Waals surface area contributed by atoms with Gasteiger partial charge in [-0.25, -0.2) is 9.37 Å². The highest BCUT2D eigenvalue weighted by atomic mass is 19.1. The summed E-state index contributed by atoms with van der Waals surface area (Å²) in [5, 5.41) is 0. The number of imide groups is 1. The number of likely N-dealkylation sites (tertiary alicyclic amines) is 2. The van der Waals surface area contributed by atoms with E-state index in [0.717, 1.165) is 25.1 Å².